The van der Waals surface area contributed by atoms with Gasteiger partial charge in [0.2, 0.25) is 5.95 Å². The Hall–Kier alpha value is -2.61. The van der Waals surface area contributed by atoms with E-state index in [1.54, 1.807) is 37.0 Å². The Bertz CT molecular complexity index is 812. The topological polar surface area (TPSA) is 90.3 Å². The van der Waals surface area contributed by atoms with Gasteiger partial charge in [0, 0.05) is 18.5 Å². The Kier molecular flexibility index (Phi) is 6.51. The molecular formula is C20H29N5O3. The van der Waals surface area contributed by atoms with Crippen LogP contribution in [-0.4, -0.2) is 47.5 Å². The zero-order valence-electron chi connectivity index (χ0n) is 17.0. The number of piperidine rings is 1. The van der Waals surface area contributed by atoms with Gasteiger partial charge in [0.25, 0.3) is 5.91 Å². The summed E-state index contributed by atoms with van der Waals surface area (Å²) in [6.07, 6.45) is 2.01. The van der Waals surface area contributed by atoms with Crippen LogP contribution in [0.2, 0.25) is 0 Å². The minimum Gasteiger partial charge on any atom is -0.493 e. The fraction of sp³-hybridized carbons (Fsp3) is 0.550. The lowest BCUT2D eigenvalue weighted by Crippen LogP contribution is -2.27. The van der Waals surface area contributed by atoms with E-state index in [9.17, 15) is 4.79 Å². The van der Waals surface area contributed by atoms with Gasteiger partial charge in [-0.2, -0.15) is 10.1 Å². The van der Waals surface area contributed by atoms with E-state index in [0.29, 0.717) is 41.5 Å². The molecule has 1 fully saturated rings. The monoisotopic (exact) mass is 387 g/mol. The molecule has 2 N–H and O–H groups in total. The number of hydrogen-bond acceptors (Lipinski definition) is 6. The van der Waals surface area contributed by atoms with Gasteiger partial charge in [-0.15, -0.1) is 0 Å². The fourth-order valence-corrected chi connectivity index (χ4v) is 3.12. The maximum atomic E-state index is 12.7. The van der Waals surface area contributed by atoms with Crippen molar-refractivity contribution in [3.05, 3.63) is 29.6 Å². The van der Waals surface area contributed by atoms with Crippen LogP contribution in [0.25, 0.3) is 0 Å². The molecule has 1 aliphatic rings. The Morgan fingerprint density at radius 1 is 1.32 bits per heavy atom. The van der Waals surface area contributed by atoms with Crippen LogP contribution in [0, 0.1) is 5.92 Å². The average molecular weight is 387 g/mol. The number of benzene rings is 1. The summed E-state index contributed by atoms with van der Waals surface area (Å²) in [6.45, 7) is 6.67. The fourth-order valence-electron chi connectivity index (χ4n) is 3.12. The standard InChI is InChI=1S/C20H29N5O3/c1-13(2)12-28-16-6-5-15(11-17(16)27-4)19(26)23-20-22-18(24-25(20)3)14-7-9-21-10-8-14/h5-6,11,13-14,21H,7-10,12H2,1-4H3,(H,22,23,24,26). The number of methoxy groups -OCH3 is 1. The molecule has 152 valence electrons. The Morgan fingerprint density at radius 3 is 2.75 bits per heavy atom. The maximum Gasteiger partial charge on any atom is 0.258 e. The minimum absolute atomic E-state index is 0.263. The third-order valence-corrected chi connectivity index (χ3v) is 4.71. The van der Waals surface area contributed by atoms with Gasteiger partial charge >= 0.3 is 0 Å². The van der Waals surface area contributed by atoms with E-state index in [0.717, 1.165) is 31.8 Å². The van der Waals surface area contributed by atoms with Crippen LogP contribution in [-0.2, 0) is 7.05 Å². The summed E-state index contributed by atoms with van der Waals surface area (Å²) in [5.41, 5.74) is 0.472. The van der Waals surface area contributed by atoms with Gasteiger partial charge in [0.05, 0.1) is 13.7 Å². The number of nitrogens with zero attached hydrogens (tertiary/aromatic N) is 3. The quantitative estimate of drug-likeness (QED) is 0.759. The highest BCUT2D eigenvalue weighted by atomic mass is 16.5. The van der Waals surface area contributed by atoms with Crippen molar-refractivity contribution in [2.24, 2.45) is 13.0 Å². The summed E-state index contributed by atoms with van der Waals surface area (Å²) in [4.78, 5) is 17.2. The van der Waals surface area contributed by atoms with E-state index < -0.39 is 0 Å². The predicted molar refractivity (Wildman–Crippen MR) is 107 cm³/mol. The van der Waals surface area contributed by atoms with Crippen LogP contribution < -0.4 is 20.1 Å². The summed E-state index contributed by atoms with van der Waals surface area (Å²) >= 11 is 0. The van der Waals surface area contributed by atoms with Gasteiger partial charge in [-0.05, 0) is 50.0 Å². The third-order valence-electron chi connectivity index (χ3n) is 4.71. The molecule has 8 nitrogen and oxygen atoms in total. The molecular weight excluding hydrogens is 358 g/mol. The van der Waals surface area contributed by atoms with Crippen LogP contribution in [0.5, 0.6) is 11.5 Å². The first kappa shape index (κ1) is 20.1. The SMILES string of the molecule is COc1cc(C(=O)Nc2nc(C3CCNCC3)nn2C)ccc1OCC(C)C. The summed E-state index contributed by atoms with van der Waals surface area (Å²) in [5, 5.41) is 10.7. The van der Waals surface area contributed by atoms with Gasteiger partial charge in [0.1, 0.15) is 0 Å². The van der Waals surface area contributed by atoms with Crippen molar-refractivity contribution in [1.82, 2.24) is 20.1 Å². The molecule has 0 aliphatic carbocycles. The summed E-state index contributed by atoms with van der Waals surface area (Å²) in [5.74, 6) is 2.85. The Morgan fingerprint density at radius 2 is 2.07 bits per heavy atom. The van der Waals surface area contributed by atoms with Gasteiger partial charge in [-0.1, -0.05) is 13.8 Å². The molecule has 2 heterocycles. The highest BCUT2D eigenvalue weighted by Crippen LogP contribution is 2.29. The number of anilines is 1. The van der Waals surface area contributed by atoms with E-state index in [1.807, 2.05) is 0 Å². The van der Waals surface area contributed by atoms with Crippen molar-refractivity contribution in [3.8, 4) is 11.5 Å². The molecule has 0 unspecified atom stereocenters. The molecule has 1 aromatic heterocycles. The van der Waals surface area contributed by atoms with Gasteiger partial charge in [-0.25, -0.2) is 4.68 Å². The number of carbonyl (C=O) groups excluding carboxylic acids is 1. The van der Waals surface area contributed by atoms with Crippen molar-refractivity contribution in [1.29, 1.82) is 0 Å². The second-order valence-corrected chi connectivity index (χ2v) is 7.47. The van der Waals surface area contributed by atoms with Crippen molar-refractivity contribution in [2.75, 3.05) is 32.1 Å². The van der Waals surface area contributed by atoms with Crippen LogP contribution in [0.1, 0.15) is 48.8 Å². The number of hydrogen-bond donors (Lipinski definition) is 2. The molecule has 0 bridgehead atoms. The first-order valence-corrected chi connectivity index (χ1v) is 9.71. The van der Waals surface area contributed by atoms with Crippen molar-refractivity contribution in [2.45, 2.75) is 32.6 Å². The molecule has 28 heavy (non-hydrogen) atoms. The largest absolute Gasteiger partial charge is 0.493 e. The van der Waals surface area contributed by atoms with Gasteiger partial charge < -0.3 is 14.8 Å². The zero-order valence-corrected chi connectivity index (χ0v) is 17.0. The molecule has 1 saturated heterocycles. The number of ether oxygens (including phenoxy) is 2. The minimum atomic E-state index is -0.263. The zero-order chi connectivity index (χ0) is 20.1. The van der Waals surface area contributed by atoms with Crippen molar-refractivity contribution in [3.63, 3.8) is 0 Å². The van der Waals surface area contributed by atoms with Gasteiger partial charge in [-0.3, -0.25) is 10.1 Å². The van der Waals surface area contributed by atoms with E-state index in [-0.39, 0.29) is 5.91 Å². The van der Waals surface area contributed by atoms with E-state index in [2.05, 4.69) is 34.6 Å². The second kappa shape index (κ2) is 9.05. The molecule has 1 aliphatic heterocycles. The summed E-state index contributed by atoms with van der Waals surface area (Å²) in [7, 11) is 3.35. The van der Waals surface area contributed by atoms with E-state index in [4.69, 9.17) is 9.47 Å². The number of carbonyl (C=O) groups is 1. The van der Waals surface area contributed by atoms with E-state index in [1.165, 1.54) is 0 Å². The van der Waals surface area contributed by atoms with Crippen LogP contribution in [0.15, 0.2) is 18.2 Å². The number of nitrogens with one attached hydrogen (secondary N) is 2. The lowest BCUT2D eigenvalue weighted by atomic mass is 9.98. The molecule has 1 amide bonds. The first-order valence-electron chi connectivity index (χ1n) is 9.71. The number of aryl methyl sites for hydroxylation is 1. The highest BCUT2D eigenvalue weighted by molar-refractivity contribution is 6.03. The van der Waals surface area contributed by atoms with Crippen molar-refractivity contribution < 1.29 is 14.3 Å². The number of amides is 1. The molecule has 0 radical (unpaired) electrons. The normalized spacial score (nSPS) is 14.9. The van der Waals surface area contributed by atoms with E-state index >= 15 is 0 Å². The lowest BCUT2D eigenvalue weighted by Gasteiger charge is -2.19. The second-order valence-electron chi connectivity index (χ2n) is 7.47. The molecule has 1 aromatic carbocycles. The van der Waals surface area contributed by atoms with Gasteiger partial charge in [0.15, 0.2) is 17.3 Å². The average Bonchev–Trinajstić information content (AvgIpc) is 3.07. The molecule has 0 saturated carbocycles. The molecule has 8 heteroatoms. The molecule has 2 aromatic rings. The molecule has 3 rings (SSSR count). The lowest BCUT2D eigenvalue weighted by molar-refractivity contribution is 0.102. The maximum absolute atomic E-state index is 12.7. The predicted octanol–water partition coefficient (Wildman–Crippen LogP) is 2.58. The molecule has 0 spiro atoms. The smallest absolute Gasteiger partial charge is 0.258 e. The van der Waals surface area contributed by atoms with Crippen LogP contribution >= 0.6 is 0 Å². The summed E-state index contributed by atoms with van der Waals surface area (Å²) in [6, 6.07) is 5.15. The molecule has 0 atom stereocenters. The highest BCUT2D eigenvalue weighted by Gasteiger charge is 2.22. The Labute approximate surface area is 165 Å². The Balaban J connectivity index is 1.71. The van der Waals surface area contributed by atoms with Crippen LogP contribution in [0.4, 0.5) is 5.95 Å². The summed E-state index contributed by atoms with van der Waals surface area (Å²) < 4.78 is 12.7. The number of rotatable bonds is 7. The van der Waals surface area contributed by atoms with Crippen molar-refractivity contribution >= 4 is 11.9 Å². The number of aromatic nitrogens is 3. The first-order chi connectivity index (χ1) is 13.5. The third kappa shape index (κ3) is 4.81. The van der Waals surface area contributed by atoms with Crippen LogP contribution in [0.3, 0.4) is 0 Å².